The quantitative estimate of drug-likeness (QED) is 0.805. The molecular weight excluding hydrogens is 282 g/mol. The van der Waals surface area contributed by atoms with Crippen molar-refractivity contribution in [2.45, 2.75) is 26.3 Å². The van der Waals surface area contributed by atoms with Crippen LogP contribution in [-0.2, 0) is 16.1 Å². The van der Waals surface area contributed by atoms with Gasteiger partial charge in [0.25, 0.3) is 0 Å². The van der Waals surface area contributed by atoms with Gasteiger partial charge in [0.05, 0.1) is 0 Å². The Morgan fingerprint density at radius 3 is 2.64 bits per heavy atom. The number of nitrogens with zero attached hydrogens (tertiary/aromatic N) is 2. The van der Waals surface area contributed by atoms with Crippen LogP contribution in [-0.4, -0.2) is 47.8 Å². The summed E-state index contributed by atoms with van der Waals surface area (Å²) in [7, 11) is 1.59. The van der Waals surface area contributed by atoms with Gasteiger partial charge in [0.2, 0.25) is 11.8 Å². The van der Waals surface area contributed by atoms with Crippen molar-refractivity contribution >= 4 is 17.8 Å². The van der Waals surface area contributed by atoms with Crippen LogP contribution in [0.5, 0.6) is 0 Å². The number of amides is 4. The number of carbonyl (C=O) groups is 3. The van der Waals surface area contributed by atoms with Crippen molar-refractivity contribution in [3.8, 4) is 0 Å². The minimum Gasteiger partial charge on any atom is -0.352 e. The lowest BCUT2D eigenvalue weighted by atomic mass is 10.1. The average Bonchev–Trinajstić information content (AvgIpc) is 2.72. The first kappa shape index (κ1) is 16.0. The molecule has 6 heteroatoms. The van der Waals surface area contributed by atoms with Crippen molar-refractivity contribution in [1.82, 2.24) is 15.1 Å². The van der Waals surface area contributed by atoms with E-state index in [1.165, 1.54) is 9.80 Å². The van der Waals surface area contributed by atoms with Gasteiger partial charge in [-0.25, -0.2) is 4.79 Å². The molecule has 1 aliphatic heterocycles. The van der Waals surface area contributed by atoms with Crippen molar-refractivity contribution in [2.75, 3.05) is 20.1 Å². The number of urea groups is 1. The molecule has 0 aromatic heterocycles. The van der Waals surface area contributed by atoms with E-state index in [-0.39, 0.29) is 24.4 Å². The first-order valence-corrected chi connectivity index (χ1v) is 7.35. The van der Waals surface area contributed by atoms with Gasteiger partial charge in [0.15, 0.2) is 0 Å². The number of imide groups is 1. The van der Waals surface area contributed by atoms with Gasteiger partial charge in [-0.3, -0.25) is 14.5 Å². The zero-order valence-corrected chi connectivity index (χ0v) is 13.0. The van der Waals surface area contributed by atoms with Gasteiger partial charge < -0.3 is 10.2 Å². The van der Waals surface area contributed by atoms with Crippen molar-refractivity contribution in [3.63, 3.8) is 0 Å². The maximum atomic E-state index is 11.8. The molecule has 1 aliphatic rings. The Morgan fingerprint density at radius 2 is 2.00 bits per heavy atom. The van der Waals surface area contributed by atoms with Crippen LogP contribution in [0.4, 0.5) is 4.79 Å². The van der Waals surface area contributed by atoms with E-state index in [9.17, 15) is 14.4 Å². The molecule has 4 amide bonds. The van der Waals surface area contributed by atoms with Gasteiger partial charge in [-0.15, -0.1) is 0 Å². The van der Waals surface area contributed by atoms with Gasteiger partial charge in [0.1, 0.15) is 6.54 Å². The first-order valence-electron chi connectivity index (χ1n) is 7.35. The van der Waals surface area contributed by atoms with Crippen molar-refractivity contribution in [3.05, 3.63) is 35.4 Å². The molecule has 0 atom stereocenters. The third-order valence-electron chi connectivity index (χ3n) is 3.75. The Bertz CT molecular complexity index is 586. The summed E-state index contributed by atoms with van der Waals surface area (Å²) in [6, 6.07) is 7.60. The molecule has 0 unspecified atom stereocenters. The van der Waals surface area contributed by atoms with Crippen LogP contribution in [0.2, 0.25) is 0 Å². The Balaban J connectivity index is 1.71. The third-order valence-corrected chi connectivity index (χ3v) is 3.75. The molecule has 1 aromatic carbocycles. The fourth-order valence-corrected chi connectivity index (χ4v) is 2.38. The number of rotatable bonds is 6. The van der Waals surface area contributed by atoms with E-state index in [1.807, 2.05) is 31.2 Å². The zero-order valence-electron chi connectivity index (χ0n) is 13.0. The van der Waals surface area contributed by atoms with E-state index >= 15 is 0 Å². The molecule has 1 aromatic rings. The molecular formula is C16H21N3O3. The predicted molar refractivity (Wildman–Crippen MR) is 82.0 cm³/mol. The lowest BCUT2D eigenvalue weighted by Crippen LogP contribution is -2.33. The monoisotopic (exact) mass is 303 g/mol. The highest BCUT2D eigenvalue weighted by atomic mass is 16.2. The maximum Gasteiger partial charge on any atom is 0.326 e. The molecule has 1 heterocycles. The van der Waals surface area contributed by atoms with Crippen LogP contribution in [0.1, 0.15) is 24.0 Å². The summed E-state index contributed by atoms with van der Waals surface area (Å²) >= 11 is 0. The molecule has 22 heavy (non-hydrogen) atoms. The number of aryl methyl sites for hydroxylation is 1. The minimum absolute atomic E-state index is 0.0734. The Morgan fingerprint density at radius 1 is 1.27 bits per heavy atom. The predicted octanol–water partition coefficient (Wildman–Crippen LogP) is 1.29. The number of likely N-dealkylation sites (N-methyl/N-ethyl adjacent to an activating group) is 1. The molecule has 1 N–H and O–H groups in total. The van der Waals surface area contributed by atoms with Crippen molar-refractivity contribution in [1.29, 1.82) is 0 Å². The molecule has 1 saturated heterocycles. The van der Waals surface area contributed by atoms with Gasteiger partial charge in [-0.1, -0.05) is 24.3 Å². The fourth-order valence-electron chi connectivity index (χ4n) is 2.38. The second-order valence-corrected chi connectivity index (χ2v) is 5.49. The molecule has 1 fully saturated rings. The Kier molecular flexibility index (Phi) is 5.14. The highest BCUT2D eigenvalue weighted by Gasteiger charge is 2.32. The highest BCUT2D eigenvalue weighted by molar-refractivity contribution is 6.01. The standard InChI is InChI=1S/C16H21N3O3/c1-12-6-3-4-7-13(12)10-17-14(20)8-5-9-19-15(21)11-18(2)16(19)22/h3-4,6-7H,5,8-11H2,1-2H3,(H,17,20). The largest absolute Gasteiger partial charge is 0.352 e. The Hall–Kier alpha value is -2.37. The number of hydrogen-bond acceptors (Lipinski definition) is 3. The smallest absolute Gasteiger partial charge is 0.326 e. The normalized spacial score (nSPS) is 14.6. The van der Waals surface area contributed by atoms with Gasteiger partial charge in [-0.05, 0) is 24.5 Å². The van der Waals surface area contributed by atoms with E-state index in [0.717, 1.165) is 11.1 Å². The number of carbonyl (C=O) groups excluding carboxylic acids is 3. The summed E-state index contributed by atoms with van der Waals surface area (Å²) in [6.45, 7) is 2.91. The zero-order chi connectivity index (χ0) is 16.1. The van der Waals surface area contributed by atoms with Gasteiger partial charge in [0, 0.05) is 26.6 Å². The summed E-state index contributed by atoms with van der Waals surface area (Å²) in [5.74, 6) is -0.275. The van der Waals surface area contributed by atoms with Crippen LogP contribution in [0.25, 0.3) is 0 Å². The maximum absolute atomic E-state index is 11.8. The molecule has 0 radical (unpaired) electrons. The third kappa shape index (κ3) is 3.84. The summed E-state index contributed by atoms with van der Waals surface area (Å²) < 4.78 is 0. The number of nitrogens with one attached hydrogen (secondary N) is 1. The van der Waals surface area contributed by atoms with Crippen LogP contribution >= 0.6 is 0 Å². The summed E-state index contributed by atoms with van der Waals surface area (Å²) in [5.41, 5.74) is 2.22. The van der Waals surface area contributed by atoms with E-state index in [1.54, 1.807) is 7.05 Å². The highest BCUT2D eigenvalue weighted by Crippen LogP contribution is 2.09. The fraction of sp³-hybridized carbons (Fsp3) is 0.438. The molecule has 118 valence electrons. The van der Waals surface area contributed by atoms with E-state index in [2.05, 4.69) is 5.32 Å². The molecule has 0 spiro atoms. The second kappa shape index (κ2) is 7.06. The second-order valence-electron chi connectivity index (χ2n) is 5.49. The average molecular weight is 303 g/mol. The minimum atomic E-state index is -0.287. The lowest BCUT2D eigenvalue weighted by molar-refractivity contribution is -0.126. The summed E-state index contributed by atoms with van der Waals surface area (Å²) in [4.78, 5) is 37.6. The summed E-state index contributed by atoms with van der Waals surface area (Å²) in [5, 5.41) is 2.86. The van der Waals surface area contributed by atoms with Gasteiger partial charge in [-0.2, -0.15) is 0 Å². The van der Waals surface area contributed by atoms with Crippen LogP contribution in [0, 0.1) is 6.92 Å². The molecule has 0 bridgehead atoms. The van der Waals surface area contributed by atoms with Crippen LogP contribution in [0.15, 0.2) is 24.3 Å². The first-order chi connectivity index (χ1) is 10.5. The number of hydrogen-bond donors (Lipinski definition) is 1. The molecule has 2 rings (SSSR count). The molecule has 6 nitrogen and oxygen atoms in total. The topological polar surface area (TPSA) is 69.7 Å². The lowest BCUT2D eigenvalue weighted by Gasteiger charge is -2.13. The summed E-state index contributed by atoms with van der Waals surface area (Å²) in [6.07, 6.45) is 0.775. The van der Waals surface area contributed by atoms with E-state index < -0.39 is 0 Å². The SMILES string of the molecule is Cc1ccccc1CNC(=O)CCCN1C(=O)CN(C)C1=O. The van der Waals surface area contributed by atoms with Crippen LogP contribution in [0.3, 0.4) is 0 Å². The molecule has 0 saturated carbocycles. The van der Waals surface area contributed by atoms with E-state index in [4.69, 9.17) is 0 Å². The van der Waals surface area contributed by atoms with Crippen molar-refractivity contribution in [2.24, 2.45) is 0 Å². The van der Waals surface area contributed by atoms with E-state index in [0.29, 0.717) is 25.9 Å². The van der Waals surface area contributed by atoms with Crippen molar-refractivity contribution < 1.29 is 14.4 Å². The Labute approximate surface area is 130 Å². The molecule has 0 aliphatic carbocycles. The van der Waals surface area contributed by atoms with Crippen LogP contribution < -0.4 is 5.32 Å². The number of benzene rings is 1. The van der Waals surface area contributed by atoms with Gasteiger partial charge >= 0.3 is 6.03 Å².